The number of ether oxygens (including phenoxy) is 3. The van der Waals surface area contributed by atoms with Crippen molar-refractivity contribution in [1.29, 1.82) is 0 Å². The van der Waals surface area contributed by atoms with Crippen molar-refractivity contribution in [1.82, 2.24) is 5.32 Å². The lowest BCUT2D eigenvalue weighted by atomic mass is 10.1. The lowest BCUT2D eigenvalue weighted by Gasteiger charge is -2.18. The van der Waals surface area contributed by atoms with Crippen molar-refractivity contribution in [3.05, 3.63) is 52.6 Å². The highest BCUT2D eigenvalue weighted by Gasteiger charge is 2.16. The molecule has 0 aliphatic heterocycles. The molecule has 0 fully saturated rings. The van der Waals surface area contributed by atoms with Crippen LogP contribution in [0.5, 0.6) is 17.2 Å². The Hall–Kier alpha value is -2.69. The Morgan fingerprint density at radius 2 is 1.71 bits per heavy atom. The number of rotatable bonds is 9. The number of carbonyl (C=O) groups is 1. The molecular formula is C23H31NO4. The molecule has 5 nitrogen and oxygen atoms in total. The molecule has 5 heteroatoms. The molecule has 0 aliphatic rings. The van der Waals surface area contributed by atoms with Gasteiger partial charge < -0.3 is 19.5 Å². The SMILES string of the molecule is COc1ccc(CCCNC(=O)C(C)Oc2cc(C)cc(C)c2C)cc1OC. The van der Waals surface area contributed by atoms with E-state index in [-0.39, 0.29) is 5.91 Å². The zero-order valence-corrected chi connectivity index (χ0v) is 17.7. The normalized spacial score (nSPS) is 11.6. The molecule has 0 saturated heterocycles. The van der Waals surface area contributed by atoms with Crippen molar-refractivity contribution >= 4 is 5.91 Å². The Morgan fingerprint density at radius 3 is 2.39 bits per heavy atom. The van der Waals surface area contributed by atoms with Crippen molar-refractivity contribution < 1.29 is 19.0 Å². The first-order valence-corrected chi connectivity index (χ1v) is 9.58. The van der Waals surface area contributed by atoms with Gasteiger partial charge in [-0.1, -0.05) is 12.1 Å². The highest BCUT2D eigenvalue weighted by Crippen LogP contribution is 2.28. The summed E-state index contributed by atoms with van der Waals surface area (Å²) in [7, 11) is 3.25. The number of nitrogens with one attached hydrogen (secondary N) is 1. The molecule has 1 amide bonds. The molecule has 2 rings (SSSR count). The number of carbonyl (C=O) groups excluding carboxylic acids is 1. The standard InChI is InChI=1S/C23H31NO4/c1-15-12-16(2)17(3)21(13-15)28-18(4)23(25)24-11-7-8-19-9-10-20(26-5)22(14-19)27-6/h9-10,12-14,18H,7-8,11H2,1-6H3,(H,24,25). The minimum Gasteiger partial charge on any atom is -0.493 e. The van der Waals surface area contributed by atoms with Crippen LogP contribution < -0.4 is 19.5 Å². The zero-order chi connectivity index (χ0) is 20.7. The summed E-state index contributed by atoms with van der Waals surface area (Å²) in [5.41, 5.74) is 4.50. The average molecular weight is 386 g/mol. The van der Waals surface area contributed by atoms with Gasteiger partial charge in [0.1, 0.15) is 5.75 Å². The molecule has 0 aromatic heterocycles. The van der Waals surface area contributed by atoms with E-state index in [1.54, 1.807) is 21.1 Å². The number of aryl methyl sites for hydroxylation is 3. The number of benzene rings is 2. The predicted molar refractivity (Wildman–Crippen MR) is 112 cm³/mol. The molecule has 2 aromatic carbocycles. The average Bonchev–Trinajstić information content (AvgIpc) is 2.68. The van der Waals surface area contributed by atoms with Crippen LogP contribution in [-0.4, -0.2) is 32.8 Å². The lowest BCUT2D eigenvalue weighted by Crippen LogP contribution is -2.37. The second-order valence-electron chi connectivity index (χ2n) is 7.05. The lowest BCUT2D eigenvalue weighted by molar-refractivity contribution is -0.127. The molecule has 1 atom stereocenters. The van der Waals surface area contributed by atoms with E-state index in [0.29, 0.717) is 12.3 Å². The van der Waals surface area contributed by atoms with Gasteiger partial charge >= 0.3 is 0 Å². The summed E-state index contributed by atoms with van der Waals surface area (Å²) in [6.07, 6.45) is 1.13. The van der Waals surface area contributed by atoms with Gasteiger partial charge in [0.2, 0.25) is 0 Å². The van der Waals surface area contributed by atoms with Crippen LogP contribution in [0.25, 0.3) is 0 Å². The van der Waals surface area contributed by atoms with Crippen LogP contribution in [0.1, 0.15) is 35.6 Å². The number of amides is 1. The van der Waals surface area contributed by atoms with Crippen molar-refractivity contribution in [2.24, 2.45) is 0 Å². The van der Waals surface area contributed by atoms with Crippen LogP contribution in [0.3, 0.4) is 0 Å². The first-order valence-electron chi connectivity index (χ1n) is 9.58. The smallest absolute Gasteiger partial charge is 0.260 e. The fourth-order valence-electron chi connectivity index (χ4n) is 3.05. The molecule has 152 valence electrons. The van der Waals surface area contributed by atoms with Crippen molar-refractivity contribution in [2.75, 3.05) is 20.8 Å². The summed E-state index contributed by atoms with van der Waals surface area (Å²) < 4.78 is 16.5. The maximum absolute atomic E-state index is 12.4. The Bertz CT molecular complexity index is 816. The summed E-state index contributed by atoms with van der Waals surface area (Å²) in [5, 5.41) is 2.95. The molecule has 0 spiro atoms. The Kier molecular flexibility index (Phi) is 7.73. The summed E-state index contributed by atoms with van der Waals surface area (Å²) in [6, 6.07) is 9.96. The third-order valence-electron chi connectivity index (χ3n) is 4.83. The van der Waals surface area contributed by atoms with Gasteiger partial charge in [-0.15, -0.1) is 0 Å². The monoisotopic (exact) mass is 385 g/mol. The molecular weight excluding hydrogens is 354 g/mol. The molecule has 0 bridgehead atoms. The molecule has 2 aromatic rings. The third kappa shape index (κ3) is 5.65. The largest absolute Gasteiger partial charge is 0.493 e. The summed E-state index contributed by atoms with van der Waals surface area (Å²) in [5.74, 6) is 2.10. The molecule has 0 saturated carbocycles. The van der Waals surface area contributed by atoms with E-state index in [9.17, 15) is 4.79 Å². The first kappa shape index (κ1) is 21.6. The van der Waals surface area contributed by atoms with Gasteiger partial charge in [0.15, 0.2) is 17.6 Å². The number of hydrogen-bond acceptors (Lipinski definition) is 4. The molecule has 1 unspecified atom stereocenters. The topological polar surface area (TPSA) is 56.8 Å². The fraction of sp³-hybridized carbons (Fsp3) is 0.435. The van der Waals surface area contributed by atoms with E-state index < -0.39 is 6.10 Å². The second kappa shape index (κ2) is 10.0. The Balaban J connectivity index is 1.82. The number of methoxy groups -OCH3 is 2. The van der Waals surface area contributed by atoms with E-state index in [0.717, 1.165) is 46.6 Å². The van der Waals surface area contributed by atoms with E-state index in [1.165, 1.54) is 0 Å². The van der Waals surface area contributed by atoms with Crippen LogP contribution in [0.2, 0.25) is 0 Å². The molecule has 0 heterocycles. The Morgan fingerprint density at radius 1 is 1.00 bits per heavy atom. The maximum Gasteiger partial charge on any atom is 0.260 e. The van der Waals surface area contributed by atoms with Crippen LogP contribution >= 0.6 is 0 Å². The third-order valence-corrected chi connectivity index (χ3v) is 4.83. The van der Waals surface area contributed by atoms with Gasteiger partial charge in [-0.25, -0.2) is 0 Å². The minimum atomic E-state index is -0.541. The van der Waals surface area contributed by atoms with E-state index in [2.05, 4.69) is 11.4 Å². The second-order valence-corrected chi connectivity index (χ2v) is 7.05. The predicted octanol–water partition coefficient (Wildman–Crippen LogP) is 4.15. The van der Waals surface area contributed by atoms with Gasteiger partial charge in [0.05, 0.1) is 14.2 Å². The Labute approximate surface area is 168 Å². The van der Waals surface area contributed by atoms with E-state index >= 15 is 0 Å². The van der Waals surface area contributed by atoms with Gasteiger partial charge in [-0.2, -0.15) is 0 Å². The summed E-state index contributed by atoms with van der Waals surface area (Å²) in [4.78, 5) is 12.4. The molecule has 28 heavy (non-hydrogen) atoms. The quantitative estimate of drug-likeness (QED) is 0.659. The van der Waals surface area contributed by atoms with E-state index in [4.69, 9.17) is 14.2 Å². The molecule has 0 radical (unpaired) electrons. The van der Waals surface area contributed by atoms with E-state index in [1.807, 2.05) is 45.0 Å². The summed E-state index contributed by atoms with van der Waals surface area (Å²) in [6.45, 7) is 8.46. The van der Waals surface area contributed by atoms with Crippen LogP contribution in [0.15, 0.2) is 30.3 Å². The fourth-order valence-corrected chi connectivity index (χ4v) is 3.05. The zero-order valence-electron chi connectivity index (χ0n) is 17.7. The van der Waals surface area contributed by atoms with Gasteiger partial charge in [-0.3, -0.25) is 4.79 Å². The van der Waals surface area contributed by atoms with Crippen molar-refractivity contribution in [2.45, 2.75) is 46.6 Å². The summed E-state index contributed by atoms with van der Waals surface area (Å²) >= 11 is 0. The van der Waals surface area contributed by atoms with Crippen LogP contribution in [0.4, 0.5) is 0 Å². The maximum atomic E-state index is 12.4. The van der Waals surface area contributed by atoms with Gasteiger partial charge in [0, 0.05) is 6.54 Å². The van der Waals surface area contributed by atoms with Crippen molar-refractivity contribution in [3.63, 3.8) is 0 Å². The minimum absolute atomic E-state index is 0.106. The highest BCUT2D eigenvalue weighted by atomic mass is 16.5. The molecule has 0 aliphatic carbocycles. The first-order chi connectivity index (χ1) is 13.3. The van der Waals surface area contributed by atoms with Crippen LogP contribution in [0, 0.1) is 20.8 Å². The van der Waals surface area contributed by atoms with Gasteiger partial charge in [-0.05, 0) is 81.0 Å². The number of hydrogen-bond donors (Lipinski definition) is 1. The van der Waals surface area contributed by atoms with Gasteiger partial charge in [0.25, 0.3) is 5.91 Å². The molecule has 1 N–H and O–H groups in total. The highest BCUT2D eigenvalue weighted by molar-refractivity contribution is 5.80. The van der Waals surface area contributed by atoms with Crippen molar-refractivity contribution in [3.8, 4) is 17.2 Å². The van der Waals surface area contributed by atoms with Crippen LogP contribution in [-0.2, 0) is 11.2 Å².